The number of carboxylic acid groups (broad SMARTS) is 1. The highest BCUT2D eigenvalue weighted by Gasteiger charge is 2.33. The van der Waals surface area contributed by atoms with E-state index in [4.69, 9.17) is 0 Å². The first-order valence-electron chi connectivity index (χ1n) is 7.17. The number of carboxylic acids is 1. The molecule has 4 nitrogen and oxygen atoms in total. The zero-order valence-corrected chi connectivity index (χ0v) is 13.9. The molecule has 0 N–H and O–H groups in total. The van der Waals surface area contributed by atoms with E-state index in [1.54, 1.807) is 0 Å². The Hall–Kier alpha value is -2.70. The summed E-state index contributed by atoms with van der Waals surface area (Å²) in [6.07, 6.45) is 0. The maximum Gasteiger partial charge on any atom is 0.330 e. The van der Waals surface area contributed by atoms with Gasteiger partial charge in [0.05, 0.1) is 0 Å². The van der Waals surface area contributed by atoms with Gasteiger partial charge in [0.15, 0.2) is 0 Å². The second-order valence-corrected chi connectivity index (χ2v) is 7.36. The van der Waals surface area contributed by atoms with Crippen LogP contribution in [0.5, 0.6) is 5.06 Å². The Balaban J connectivity index is 2.13. The predicted molar refractivity (Wildman–Crippen MR) is 90.7 cm³/mol. The van der Waals surface area contributed by atoms with Crippen molar-refractivity contribution in [2.75, 3.05) is 0 Å². The molecule has 2 aromatic heterocycles. The van der Waals surface area contributed by atoms with Crippen molar-refractivity contribution in [3.63, 3.8) is 0 Å². The molecule has 0 fully saturated rings. The molecule has 0 amide bonds. The fourth-order valence-corrected chi connectivity index (χ4v) is 5.03. The van der Waals surface area contributed by atoms with Crippen LogP contribution >= 0.6 is 22.7 Å². The summed E-state index contributed by atoms with van der Waals surface area (Å²) in [6, 6.07) is 19.2. The minimum atomic E-state index is -1.45. The molecule has 0 spiro atoms. The number of aromatic nitrogens is 1. The molecular formula is C18H10NO3S2. The quantitative estimate of drug-likeness (QED) is 0.531. The van der Waals surface area contributed by atoms with Crippen molar-refractivity contribution in [3.8, 4) is 26.8 Å². The predicted octanol–water partition coefficient (Wildman–Crippen LogP) is 3.39. The third-order valence-electron chi connectivity index (χ3n) is 3.68. The molecule has 6 heteroatoms. The summed E-state index contributed by atoms with van der Waals surface area (Å²) in [5, 5.41) is 23.1. The van der Waals surface area contributed by atoms with Gasteiger partial charge in [-0.2, -0.15) is 0 Å². The summed E-state index contributed by atoms with van der Waals surface area (Å²) in [4.78, 5) is 12.4. The lowest BCUT2D eigenvalue weighted by Crippen LogP contribution is -2.35. The van der Waals surface area contributed by atoms with Gasteiger partial charge in [0.25, 0.3) is 5.69 Å². The Morgan fingerprint density at radius 3 is 2.04 bits per heavy atom. The summed E-state index contributed by atoms with van der Waals surface area (Å²) >= 11 is 2.35. The number of carbonyl (C=O) groups is 1. The second kappa shape index (κ2) is 5.74. The van der Waals surface area contributed by atoms with Crippen molar-refractivity contribution in [3.05, 3.63) is 66.4 Å². The molecule has 0 aliphatic carbocycles. The third-order valence-corrected chi connectivity index (χ3v) is 5.91. The molecule has 0 bridgehead atoms. The fourth-order valence-electron chi connectivity index (χ4n) is 2.68. The van der Waals surface area contributed by atoms with Gasteiger partial charge in [-0.05, 0) is 40.4 Å². The van der Waals surface area contributed by atoms with Crippen molar-refractivity contribution >= 4 is 32.8 Å². The number of nitrogens with zero attached hydrogens (tertiary/aromatic N) is 1. The molecule has 2 aromatic carbocycles. The van der Waals surface area contributed by atoms with E-state index in [-0.39, 0.29) is 5.69 Å². The monoisotopic (exact) mass is 352 g/mol. The zero-order valence-electron chi connectivity index (χ0n) is 12.3. The van der Waals surface area contributed by atoms with Crippen LogP contribution in [0.2, 0.25) is 0 Å². The molecule has 0 saturated heterocycles. The molecular weight excluding hydrogens is 342 g/mol. The summed E-state index contributed by atoms with van der Waals surface area (Å²) in [7, 11) is 0. The molecule has 0 atom stereocenters. The van der Waals surface area contributed by atoms with Gasteiger partial charge < -0.3 is 9.90 Å². The molecule has 4 aromatic rings. The lowest BCUT2D eigenvalue weighted by Gasteiger charge is -2.01. The first-order chi connectivity index (χ1) is 11.7. The van der Waals surface area contributed by atoms with Crippen LogP contribution in [-0.4, -0.2) is 5.97 Å². The molecule has 1 radical (unpaired) electrons. The number of fused-ring (bicyclic) bond motifs is 1. The van der Waals surface area contributed by atoms with Crippen LogP contribution in [0.4, 0.5) is 0 Å². The van der Waals surface area contributed by atoms with Crippen LogP contribution < -0.4 is 9.51 Å². The number of hydrogen-bond donors (Lipinski definition) is 0. The van der Waals surface area contributed by atoms with E-state index in [0.717, 1.165) is 27.3 Å². The standard InChI is InChI=1S/C18H10NO3S2/c20-16(21)14-17(22)24-18-19(14)13(11-7-3-1-4-8-11)15(23-18)12-9-5-2-6-10-12/h1-10H. The molecule has 2 heterocycles. The van der Waals surface area contributed by atoms with Gasteiger partial charge in [-0.1, -0.05) is 48.5 Å². The normalized spacial score (nSPS) is 11.0. The van der Waals surface area contributed by atoms with Gasteiger partial charge in [-0.25, -0.2) is 0 Å². The molecule has 0 unspecified atom stereocenters. The van der Waals surface area contributed by atoms with Crippen molar-refractivity contribution in [1.29, 1.82) is 0 Å². The number of carbonyl (C=O) groups excluding carboxylic acids is 1. The van der Waals surface area contributed by atoms with Gasteiger partial charge in [0.1, 0.15) is 10.8 Å². The Morgan fingerprint density at radius 2 is 1.46 bits per heavy atom. The van der Waals surface area contributed by atoms with E-state index in [2.05, 4.69) is 0 Å². The average molecular weight is 352 g/mol. The number of hydrogen-bond acceptors (Lipinski definition) is 4. The number of rotatable bonds is 3. The van der Waals surface area contributed by atoms with Crippen LogP contribution in [-0.2, 0) is 5.11 Å². The molecule has 4 rings (SSSR count). The molecule has 0 aliphatic heterocycles. The maximum atomic E-state index is 12.1. The van der Waals surface area contributed by atoms with E-state index in [9.17, 15) is 15.0 Å². The Labute approximate surface area is 145 Å². The number of thiazole rings is 2. The van der Waals surface area contributed by atoms with E-state index >= 15 is 0 Å². The van der Waals surface area contributed by atoms with Crippen LogP contribution in [0.25, 0.3) is 25.8 Å². The average Bonchev–Trinajstić information content (AvgIpc) is 3.10. The highest BCUT2D eigenvalue weighted by Crippen LogP contribution is 2.40. The van der Waals surface area contributed by atoms with Crippen molar-refractivity contribution in [2.45, 2.75) is 0 Å². The summed E-state index contributed by atoms with van der Waals surface area (Å²) in [5.41, 5.74) is 2.23. The summed E-state index contributed by atoms with van der Waals surface area (Å²) in [5.74, 6) is -1.45. The van der Waals surface area contributed by atoms with Crippen LogP contribution in [0.1, 0.15) is 10.5 Å². The lowest BCUT2D eigenvalue weighted by atomic mass is 10.1. The van der Waals surface area contributed by atoms with E-state index < -0.39 is 11.0 Å². The third kappa shape index (κ3) is 2.28. The van der Waals surface area contributed by atoms with E-state index in [1.807, 2.05) is 60.7 Å². The van der Waals surface area contributed by atoms with Crippen LogP contribution in [0.15, 0.2) is 60.7 Å². The SMILES string of the molecule is [O]c1sc2sc(-c3ccccc3)c(-c3ccccc3)[n+]2c1C(=O)[O-]. The van der Waals surface area contributed by atoms with Crippen molar-refractivity contribution in [2.24, 2.45) is 0 Å². The van der Waals surface area contributed by atoms with Gasteiger partial charge in [0.2, 0.25) is 5.69 Å². The summed E-state index contributed by atoms with van der Waals surface area (Å²) in [6.45, 7) is 0. The van der Waals surface area contributed by atoms with Gasteiger partial charge in [0, 0.05) is 5.56 Å². The maximum absolute atomic E-state index is 12.1. The van der Waals surface area contributed by atoms with E-state index in [0.29, 0.717) is 9.84 Å². The van der Waals surface area contributed by atoms with Crippen LogP contribution in [0.3, 0.4) is 0 Å². The number of benzene rings is 2. The Morgan fingerprint density at radius 1 is 0.875 bits per heavy atom. The van der Waals surface area contributed by atoms with Gasteiger partial charge >= 0.3 is 9.21 Å². The fraction of sp³-hybridized carbons (Fsp3) is 0. The van der Waals surface area contributed by atoms with E-state index in [1.165, 1.54) is 15.7 Å². The van der Waals surface area contributed by atoms with Gasteiger partial charge in [-0.3, -0.25) is 5.11 Å². The molecule has 117 valence electrons. The smallest absolute Gasteiger partial charge is 0.330 e. The summed E-state index contributed by atoms with van der Waals surface area (Å²) < 4.78 is 2.15. The Bertz CT molecular complexity index is 1040. The first kappa shape index (κ1) is 14.9. The topological polar surface area (TPSA) is 64.1 Å². The van der Waals surface area contributed by atoms with Crippen LogP contribution in [0, 0.1) is 0 Å². The molecule has 24 heavy (non-hydrogen) atoms. The van der Waals surface area contributed by atoms with Gasteiger partial charge in [-0.15, -0.1) is 4.40 Å². The highest BCUT2D eigenvalue weighted by molar-refractivity contribution is 7.38. The largest absolute Gasteiger partial charge is 0.539 e. The molecule has 0 aliphatic rings. The van der Waals surface area contributed by atoms with Crippen molar-refractivity contribution in [1.82, 2.24) is 0 Å². The Kier molecular flexibility index (Phi) is 3.55. The van der Waals surface area contributed by atoms with Crippen molar-refractivity contribution < 1.29 is 19.4 Å². The lowest BCUT2D eigenvalue weighted by molar-refractivity contribution is -0.500. The first-order valence-corrected chi connectivity index (χ1v) is 8.80. The minimum absolute atomic E-state index is 0.313. The molecule has 0 saturated carbocycles. The minimum Gasteiger partial charge on any atom is -0.539 e. The highest BCUT2D eigenvalue weighted by atomic mass is 32.2. The second-order valence-electron chi connectivity index (χ2n) is 5.14. The number of aromatic carboxylic acids is 1. The zero-order chi connectivity index (χ0) is 16.7.